The fraction of sp³-hybridized carbons (Fsp3) is 0.500. The van der Waals surface area contributed by atoms with Gasteiger partial charge in [-0.3, -0.25) is 9.36 Å². The molecule has 3 atom stereocenters. The van der Waals surface area contributed by atoms with E-state index in [0.29, 0.717) is 12.8 Å². The van der Waals surface area contributed by atoms with E-state index in [1.54, 1.807) is 0 Å². The van der Waals surface area contributed by atoms with Crippen molar-refractivity contribution in [1.82, 2.24) is 9.13 Å². The molecule has 2 rings (SSSR count). The Bertz CT molecular complexity index is 689. The van der Waals surface area contributed by atoms with Crippen LogP contribution in [0.5, 0.6) is 0 Å². The maximum Gasteiger partial charge on any atom is 0.335 e. The molecule has 8 heteroatoms. The van der Waals surface area contributed by atoms with E-state index in [4.69, 9.17) is 0 Å². The smallest absolute Gasteiger partial charge is 0.335 e. The predicted molar refractivity (Wildman–Crippen MR) is 77.2 cm³/mol. The van der Waals surface area contributed by atoms with Gasteiger partial charge in [0.15, 0.2) is 0 Å². The molecule has 0 amide bonds. The molecule has 0 bridgehead atoms. The SMILES string of the molecule is COC(=O)C=Cn1c(=O)ccn([C@H]2C[C@@H](CO)[C@H](O)C2)c1=O. The van der Waals surface area contributed by atoms with Gasteiger partial charge in [0.25, 0.3) is 5.56 Å². The Morgan fingerprint density at radius 2 is 2.18 bits per heavy atom. The maximum atomic E-state index is 12.4. The monoisotopic (exact) mass is 310 g/mol. The number of hydrogen-bond donors (Lipinski definition) is 2. The summed E-state index contributed by atoms with van der Waals surface area (Å²) in [5, 5.41) is 19.0. The quantitative estimate of drug-likeness (QED) is 0.543. The summed E-state index contributed by atoms with van der Waals surface area (Å²) >= 11 is 0. The van der Waals surface area contributed by atoms with Crippen molar-refractivity contribution in [3.63, 3.8) is 0 Å². The zero-order valence-corrected chi connectivity index (χ0v) is 12.1. The highest BCUT2D eigenvalue weighted by Gasteiger charge is 2.34. The summed E-state index contributed by atoms with van der Waals surface area (Å²) in [7, 11) is 1.19. The fourth-order valence-corrected chi connectivity index (χ4v) is 2.62. The summed E-state index contributed by atoms with van der Waals surface area (Å²) < 4.78 is 6.55. The standard InChI is InChI=1S/C14H18N2O6/c1-22-13(20)3-5-16-12(19)2-4-15(14(16)21)10-6-9(8-17)11(18)7-10/h2-5,9-11,17-18H,6-8H2,1H3/t9-,10-,11+/m0/s1. The van der Waals surface area contributed by atoms with Gasteiger partial charge in [-0.1, -0.05) is 0 Å². The predicted octanol–water partition coefficient (Wildman–Crippen LogP) is -1.04. The van der Waals surface area contributed by atoms with Gasteiger partial charge in [0, 0.05) is 43.1 Å². The Kier molecular flexibility index (Phi) is 4.94. The second-order valence-electron chi connectivity index (χ2n) is 5.19. The fourth-order valence-electron chi connectivity index (χ4n) is 2.62. The maximum absolute atomic E-state index is 12.4. The number of aliphatic hydroxyl groups is 2. The van der Waals surface area contributed by atoms with Crippen LogP contribution in [0.15, 0.2) is 27.9 Å². The van der Waals surface area contributed by atoms with Gasteiger partial charge in [-0.2, -0.15) is 0 Å². The topological polar surface area (TPSA) is 111 Å². The highest BCUT2D eigenvalue weighted by molar-refractivity contribution is 5.84. The van der Waals surface area contributed by atoms with E-state index in [-0.39, 0.29) is 18.6 Å². The minimum atomic E-state index is -0.687. The number of ether oxygens (including phenoxy) is 1. The van der Waals surface area contributed by atoms with Gasteiger partial charge in [-0.15, -0.1) is 0 Å². The zero-order chi connectivity index (χ0) is 16.3. The summed E-state index contributed by atoms with van der Waals surface area (Å²) in [6.07, 6.45) is 3.48. The molecule has 22 heavy (non-hydrogen) atoms. The first-order valence-electron chi connectivity index (χ1n) is 6.86. The summed E-state index contributed by atoms with van der Waals surface area (Å²) in [4.78, 5) is 35.2. The molecule has 2 N–H and O–H groups in total. The van der Waals surface area contributed by atoms with Crippen molar-refractivity contribution in [2.24, 2.45) is 5.92 Å². The van der Waals surface area contributed by atoms with Crippen LogP contribution in [-0.2, 0) is 9.53 Å². The van der Waals surface area contributed by atoms with Gasteiger partial charge in [0.05, 0.1) is 13.2 Å². The Hall–Kier alpha value is -2.19. The molecule has 1 fully saturated rings. The Labute approximate surface area is 125 Å². The highest BCUT2D eigenvalue weighted by atomic mass is 16.5. The van der Waals surface area contributed by atoms with Gasteiger partial charge in [0.2, 0.25) is 0 Å². The van der Waals surface area contributed by atoms with Crippen molar-refractivity contribution in [1.29, 1.82) is 0 Å². The number of aliphatic hydroxyl groups excluding tert-OH is 2. The number of nitrogens with zero attached hydrogens (tertiary/aromatic N) is 2. The number of methoxy groups -OCH3 is 1. The molecule has 1 aliphatic carbocycles. The van der Waals surface area contributed by atoms with Gasteiger partial charge < -0.3 is 14.9 Å². The molecule has 0 aliphatic heterocycles. The Balaban J connectivity index is 2.36. The van der Waals surface area contributed by atoms with E-state index >= 15 is 0 Å². The summed E-state index contributed by atoms with van der Waals surface area (Å²) in [5.74, 6) is -0.971. The van der Waals surface area contributed by atoms with E-state index in [1.807, 2.05) is 0 Å². The molecule has 8 nitrogen and oxygen atoms in total. The van der Waals surface area contributed by atoms with Crippen LogP contribution in [0.3, 0.4) is 0 Å². The third kappa shape index (κ3) is 3.18. The first-order valence-corrected chi connectivity index (χ1v) is 6.86. The van der Waals surface area contributed by atoms with E-state index in [9.17, 15) is 24.6 Å². The highest BCUT2D eigenvalue weighted by Crippen LogP contribution is 2.33. The molecule has 1 heterocycles. The molecule has 0 spiro atoms. The summed E-state index contributed by atoms with van der Waals surface area (Å²) in [6.45, 7) is -0.158. The first kappa shape index (κ1) is 16.2. The number of carbonyl (C=O) groups is 1. The van der Waals surface area contributed by atoms with Crippen LogP contribution in [0.4, 0.5) is 0 Å². The minimum absolute atomic E-state index is 0.158. The largest absolute Gasteiger partial charge is 0.466 e. The van der Waals surface area contributed by atoms with Crippen LogP contribution < -0.4 is 11.2 Å². The van der Waals surface area contributed by atoms with Crippen molar-refractivity contribution in [3.8, 4) is 0 Å². The second-order valence-corrected chi connectivity index (χ2v) is 5.19. The average molecular weight is 310 g/mol. The molecule has 0 aromatic carbocycles. The molecule has 1 aromatic heterocycles. The number of esters is 1. The molecule has 1 aromatic rings. The number of hydrogen-bond acceptors (Lipinski definition) is 6. The zero-order valence-electron chi connectivity index (χ0n) is 12.1. The van der Waals surface area contributed by atoms with Gasteiger partial charge in [0.1, 0.15) is 0 Å². The molecule has 1 saturated carbocycles. The number of carbonyl (C=O) groups excluding carboxylic acids is 1. The van der Waals surface area contributed by atoms with Crippen LogP contribution in [0.25, 0.3) is 6.20 Å². The molecule has 0 unspecified atom stereocenters. The van der Waals surface area contributed by atoms with E-state index in [0.717, 1.165) is 16.8 Å². The van der Waals surface area contributed by atoms with Crippen LogP contribution in [0.2, 0.25) is 0 Å². The average Bonchev–Trinajstić information content (AvgIpc) is 2.87. The third-order valence-corrected chi connectivity index (χ3v) is 3.86. The van der Waals surface area contributed by atoms with Crippen molar-refractivity contribution < 1.29 is 19.7 Å². The second kappa shape index (κ2) is 6.71. The normalized spacial score (nSPS) is 24.8. The van der Waals surface area contributed by atoms with Crippen LogP contribution in [0, 0.1) is 5.92 Å². The van der Waals surface area contributed by atoms with Crippen molar-refractivity contribution in [2.75, 3.05) is 13.7 Å². The van der Waals surface area contributed by atoms with Crippen molar-refractivity contribution >= 4 is 12.2 Å². The third-order valence-electron chi connectivity index (χ3n) is 3.86. The minimum Gasteiger partial charge on any atom is -0.466 e. The molecular weight excluding hydrogens is 292 g/mol. The van der Waals surface area contributed by atoms with Crippen molar-refractivity contribution in [3.05, 3.63) is 39.2 Å². The van der Waals surface area contributed by atoms with Crippen LogP contribution in [-0.4, -0.2) is 45.1 Å². The summed E-state index contributed by atoms with van der Waals surface area (Å²) in [5.41, 5.74) is -1.18. The van der Waals surface area contributed by atoms with Crippen LogP contribution >= 0.6 is 0 Å². The molecular formula is C14H18N2O6. The van der Waals surface area contributed by atoms with Gasteiger partial charge in [-0.05, 0) is 12.8 Å². The molecule has 1 aliphatic rings. The lowest BCUT2D eigenvalue weighted by Crippen LogP contribution is -2.37. The van der Waals surface area contributed by atoms with Crippen molar-refractivity contribution in [2.45, 2.75) is 25.0 Å². The Morgan fingerprint density at radius 1 is 1.45 bits per heavy atom. The lowest BCUT2D eigenvalue weighted by Gasteiger charge is -2.14. The van der Waals surface area contributed by atoms with E-state index in [2.05, 4.69) is 4.74 Å². The molecule has 120 valence electrons. The number of aromatic nitrogens is 2. The molecule has 0 saturated heterocycles. The lowest BCUT2D eigenvalue weighted by atomic mass is 10.1. The molecule has 0 radical (unpaired) electrons. The first-order chi connectivity index (χ1) is 10.5. The van der Waals surface area contributed by atoms with Crippen LogP contribution in [0.1, 0.15) is 18.9 Å². The van der Waals surface area contributed by atoms with Gasteiger partial charge >= 0.3 is 11.7 Å². The lowest BCUT2D eigenvalue weighted by molar-refractivity contribution is -0.134. The van der Waals surface area contributed by atoms with E-state index < -0.39 is 23.3 Å². The summed E-state index contributed by atoms with van der Waals surface area (Å²) in [6, 6.07) is 0.903. The van der Waals surface area contributed by atoms with Gasteiger partial charge in [-0.25, -0.2) is 14.2 Å². The van der Waals surface area contributed by atoms with E-state index in [1.165, 1.54) is 23.9 Å². The number of rotatable bonds is 4. The Morgan fingerprint density at radius 3 is 2.77 bits per heavy atom.